The molecular formula is C14H13BrO3S. The number of carboxylic acids is 1. The fourth-order valence-electron chi connectivity index (χ4n) is 2.10. The van der Waals surface area contributed by atoms with E-state index < -0.39 is 12.1 Å². The third kappa shape index (κ3) is 2.59. The largest absolute Gasteiger partial charge is 0.478 e. The molecule has 2 rings (SSSR count). The molecule has 1 heterocycles. The van der Waals surface area contributed by atoms with Gasteiger partial charge in [0.1, 0.15) is 6.10 Å². The molecule has 2 N–H and O–H groups in total. The predicted octanol–water partition coefficient (Wildman–Crippen LogP) is 3.91. The summed E-state index contributed by atoms with van der Waals surface area (Å²) in [4.78, 5) is 12.2. The van der Waals surface area contributed by atoms with Gasteiger partial charge < -0.3 is 10.2 Å². The molecule has 0 aliphatic rings. The molecule has 100 valence electrons. The van der Waals surface area contributed by atoms with Gasteiger partial charge in [-0.15, -0.1) is 11.3 Å². The molecule has 1 aromatic heterocycles. The average Bonchev–Trinajstić information content (AvgIpc) is 2.76. The maximum Gasteiger partial charge on any atom is 0.336 e. The zero-order valence-corrected chi connectivity index (χ0v) is 12.9. The molecule has 1 aromatic carbocycles. The molecule has 0 radical (unpaired) electrons. The van der Waals surface area contributed by atoms with Crippen molar-refractivity contribution in [1.82, 2.24) is 0 Å². The summed E-state index contributed by atoms with van der Waals surface area (Å²) in [7, 11) is 0. The molecule has 0 saturated heterocycles. The van der Waals surface area contributed by atoms with Gasteiger partial charge in [-0.25, -0.2) is 4.79 Å². The lowest BCUT2D eigenvalue weighted by atomic mass is 9.92. The maximum absolute atomic E-state index is 11.4. The van der Waals surface area contributed by atoms with Crippen molar-refractivity contribution in [2.45, 2.75) is 20.0 Å². The molecule has 1 atom stereocenters. The third-order valence-corrected chi connectivity index (χ3v) is 4.98. The lowest BCUT2D eigenvalue weighted by Gasteiger charge is -2.17. The van der Waals surface area contributed by atoms with Gasteiger partial charge in [0.15, 0.2) is 0 Å². The first-order valence-electron chi connectivity index (χ1n) is 5.67. The van der Waals surface area contributed by atoms with Gasteiger partial charge in [-0.05, 0) is 52.4 Å². The van der Waals surface area contributed by atoms with Gasteiger partial charge in [-0.2, -0.15) is 0 Å². The van der Waals surface area contributed by atoms with E-state index in [0.717, 1.165) is 14.9 Å². The molecule has 1 unspecified atom stereocenters. The number of hydrogen-bond donors (Lipinski definition) is 2. The summed E-state index contributed by atoms with van der Waals surface area (Å²) in [5, 5.41) is 21.7. The van der Waals surface area contributed by atoms with Crippen molar-refractivity contribution < 1.29 is 15.0 Å². The quantitative estimate of drug-likeness (QED) is 0.890. The van der Waals surface area contributed by atoms with Crippen molar-refractivity contribution in [2.75, 3.05) is 0 Å². The minimum atomic E-state index is -1.01. The maximum atomic E-state index is 11.4. The van der Waals surface area contributed by atoms with Crippen molar-refractivity contribution >= 4 is 33.2 Å². The number of halogens is 1. The number of hydrogen-bond acceptors (Lipinski definition) is 3. The Morgan fingerprint density at radius 3 is 2.42 bits per heavy atom. The first-order chi connectivity index (χ1) is 8.93. The van der Waals surface area contributed by atoms with Crippen molar-refractivity contribution in [3.05, 3.63) is 55.2 Å². The Balaban J connectivity index is 2.65. The van der Waals surface area contributed by atoms with Gasteiger partial charge >= 0.3 is 5.97 Å². The first kappa shape index (κ1) is 14.2. The first-order valence-corrected chi connectivity index (χ1v) is 7.35. The standard InChI is InChI=1S/C14H13BrO3S/c1-7-3-4-8(2)11(14(17)18)10(7)12(16)13-9(15)5-6-19-13/h3-6,12,16H,1-2H3,(H,17,18). The molecule has 5 heteroatoms. The van der Waals surface area contributed by atoms with Gasteiger partial charge in [0.25, 0.3) is 0 Å². The average molecular weight is 341 g/mol. The second-order valence-corrected chi connectivity index (χ2v) is 6.13. The number of rotatable bonds is 3. The van der Waals surface area contributed by atoms with Crippen LogP contribution in [-0.4, -0.2) is 16.2 Å². The summed E-state index contributed by atoms with van der Waals surface area (Å²) in [5.74, 6) is -1.01. The second kappa shape index (κ2) is 5.45. The molecular weight excluding hydrogens is 328 g/mol. The Morgan fingerprint density at radius 1 is 1.26 bits per heavy atom. The number of carboxylic acid groups (broad SMARTS) is 1. The zero-order chi connectivity index (χ0) is 14.2. The van der Waals surface area contributed by atoms with E-state index in [1.54, 1.807) is 13.0 Å². The van der Waals surface area contributed by atoms with Crippen LogP contribution in [0.3, 0.4) is 0 Å². The number of aryl methyl sites for hydroxylation is 2. The summed E-state index contributed by atoms with van der Waals surface area (Å²) in [6, 6.07) is 5.44. The molecule has 0 amide bonds. The normalized spacial score (nSPS) is 12.4. The van der Waals surface area contributed by atoms with E-state index in [4.69, 9.17) is 0 Å². The van der Waals surface area contributed by atoms with E-state index in [1.807, 2.05) is 24.4 Å². The van der Waals surface area contributed by atoms with Gasteiger partial charge in [-0.3, -0.25) is 0 Å². The molecule has 2 aromatic rings. The van der Waals surface area contributed by atoms with E-state index in [1.165, 1.54) is 11.3 Å². The Kier molecular flexibility index (Phi) is 4.08. The fraction of sp³-hybridized carbons (Fsp3) is 0.214. The van der Waals surface area contributed by atoms with Crippen molar-refractivity contribution in [3.63, 3.8) is 0 Å². The van der Waals surface area contributed by atoms with E-state index >= 15 is 0 Å². The van der Waals surface area contributed by atoms with Crippen LogP contribution in [0.15, 0.2) is 28.1 Å². The summed E-state index contributed by atoms with van der Waals surface area (Å²) < 4.78 is 0.794. The fourth-order valence-corrected chi connectivity index (χ4v) is 3.68. The van der Waals surface area contributed by atoms with Crippen molar-refractivity contribution in [1.29, 1.82) is 0 Å². The Morgan fingerprint density at radius 2 is 1.89 bits per heavy atom. The highest BCUT2D eigenvalue weighted by Crippen LogP contribution is 2.36. The highest BCUT2D eigenvalue weighted by atomic mass is 79.9. The van der Waals surface area contributed by atoms with Crippen LogP contribution < -0.4 is 0 Å². The Hall–Kier alpha value is -1.17. The van der Waals surface area contributed by atoms with E-state index in [2.05, 4.69) is 15.9 Å². The van der Waals surface area contributed by atoms with Crippen LogP contribution in [0.4, 0.5) is 0 Å². The van der Waals surface area contributed by atoms with Crippen LogP contribution in [0.2, 0.25) is 0 Å². The van der Waals surface area contributed by atoms with Crippen LogP contribution in [0.5, 0.6) is 0 Å². The molecule has 0 bridgehead atoms. The summed E-state index contributed by atoms with van der Waals surface area (Å²) in [5.41, 5.74) is 2.08. The van der Waals surface area contributed by atoms with Crippen molar-refractivity contribution in [2.24, 2.45) is 0 Å². The Bertz CT molecular complexity index is 634. The minimum absolute atomic E-state index is 0.188. The number of benzene rings is 1. The van der Waals surface area contributed by atoms with Gasteiger partial charge in [0.2, 0.25) is 0 Å². The van der Waals surface area contributed by atoms with Gasteiger partial charge in [0, 0.05) is 10.0 Å². The van der Waals surface area contributed by atoms with Crippen LogP contribution in [0.1, 0.15) is 38.0 Å². The summed E-state index contributed by atoms with van der Waals surface area (Å²) in [6.45, 7) is 3.55. The van der Waals surface area contributed by atoms with E-state index in [9.17, 15) is 15.0 Å². The second-order valence-electron chi connectivity index (χ2n) is 4.33. The number of aromatic carboxylic acids is 1. The topological polar surface area (TPSA) is 57.5 Å². The third-order valence-electron chi connectivity index (χ3n) is 3.05. The molecule has 19 heavy (non-hydrogen) atoms. The van der Waals surface area contributed by atoms with Gasteiger partial charge in [0.05, 0.1) is 10.4 Å². The molecule has 0 spiro atoms. The Labute approximate surface area is 123 Å². The number of thiophene rings is 1. The molecule has 0 aliphatic carbocycles. The smallest absolute Gasteiger partial charge is 0.336 e. The predicted molar refractivity (Wildman–Crippen MR) is 79.0 cm³/mol. The van der Waals surface area contributed by atoms with Crippen LogP contribution in [-0.2, 0) is 0 Å². The van der Waals surface area contributed by atoms with Crippen LogP contribution >= 0.6 is 27.3 Å². The van der Waals surface area contributed by atoms with Crippen LogP contribution in [0, 0.1) is 13.8 Å². The monoisotopic (exact) mass is 340 g/mol. The molecule has 0 saturated carbocycles. The van der Waals surface area contributed by atoms with Gasteiger partial charge in [-0.1, -0.05) is 12.1 Å². The SMILES string of the molecule is Cc1ccc(C)c(C(O)c2sccc2Br)c1C(=O)O. The van der Waals surface area contributed by atoms with E-state index in [0.29, 0.717) is 11.1 Å². The lowest BCUT2D eigenvalue weighted by Crippen LogP contribution is -2.11. The summed E-state index contributed by atoms with van der Waals surface area (Å²) in [6.07, 6.45) is -0.930. The highest BCUT2D eigenvalue weighted by molar-refractivity contribution is 9.10. The minimum Gasteiger partial charge on any atom is -0.478 e. The number of aliphatic hydroxyl groups excluding tert-OH is 1. The number of aliphatic hydroxyl groups is 1. The highest BCUT2D eigenvalue weighted by Gasteiger charge is 2.24. The lowest BCUT2D eigenvalue weighted by molar-refractivity contribution is 0.0690. The zero-order valence-electron chi connectivity index (χ0n) is 10.5. The molecule has 0 aliphatic heterocycles. The number of carbonyl (C=O) groups is 1. The van der Waals surface area contributed by atoms with E-state index in [-0.39, 0.29) is 5.56 Å². The van der Waals surface area contributed by atoms with Crippen molar-refractivity contribution in [3.8, 4) is 0 Å². The molecule has 0 fully saturated rings. The summed E-state index contributed by atoms with van der Waals surface area (Å²) >= 11 is 4.77. The molecule has 3 nitrogen and oxygen atoms in total. The van der Waals surface area contributed by atoms with Crippen LogP contribution in [0.25, 0.3) is 0 Å².